The first-order valence-electron chi connectivity index (χ1n) is 8.36. The van der Waals surface area contributed by atoms with E-state index in [-0.39, 0.29) is 28.8 Å². The molecule has 0 unspecified atom stereocenters. The summed E-state index contributed by atoms with van der Waals surface area (Å²) in [5, 5.41) is 9.22. The van der Waals surface area contributed by atoms with Crippen LogP contribution in [-0.4, -0.2) is 34.9 Å². The maximum Gasteiger partial charge on any atom is 0.261 e. The summed E-state index contributed by atoms with van der Waals surface area (Å²) >= 11 is 6.11. The Morgan fingerprint density at radius 3 is 2.52 bits per heavy atom. The molecule has 2 N–H and O–H groups in total. The van der Waals surface area contributed by atoms with Gasteiger partial charge in [0.1, 0.15) is 10.9 Å². The van der Waals surface area contributed by atoms with Crippen molar-refractivity contribution in [1.82, 2.24) is 14.8 Å². The molecule has 0 aliphatic carbocycles. The van der Waals surface area contributed by atoms with Crippen molar-refractivity contribution < 1.29 is 18.4 Å². The maximum absolute atomic E-state index is 13.4. The van der Waals surface area contributed by atoms with Crippen LogP contribution in [-0.2, 0) is 21.4 Å². The Morgan fingerprint density at radius 1 is 1.26 bits per heavy atom. The number of carbonyl (C=O) groups is 1. The van der Waals surface area contributed by atoms with E-state index in [1.807, 2.05) is 13.8 Å². The number of nitrogens with zero attached hydrogens (tertiary/aromatic N) is 2. The molecule has 0 aliphatic rings. The van der Waals surface area contributed by atoms with Gasteiger partial charge in [0.15, 0.2) is 0 Å². The first-order valence-corrected chi connectivity index (χ1v) is 10.2. The van der Waals surface area contributed by atoms with E-state index in [0.717, 1.165) is 4.31 Å². The molecule has 1 atom stereocenters. The lowest BCUT2D eigenvalue weighted by atomic mass is 10.0. The molecule has 0 fully saturated rings. The van der Waals surface area contributed by atoms with Gasteiger partial charge in [-0.15, -0.1) is 0 Å². The van der Waals surface area contributed by atoms with Crippen molar-refractivity contribution in [3.05, 3.63) is 59.4 Å². The van der Waals surface area contributed by atoms with Gasteiger partial charge < -0.3 is 0 Å². The summed E-state index contributed by atoms with van der Waals surface area (Å²) in [5.74, 6) is -0.798. The average Bonchev–Trinajstić information content (AvgIpc) is 2.64. The maximum atomic E-state index is 13.4. The number of amides is 1. The molecule has 9 heteroatoms. The highest BCUT2D eigenvalue weighted by atomic mass is 35.5. The van der Waals surface area contributed by atoms with Crippen LogP contribution in [0.1, 0.15) is 25.8 Å². The van der Waals surface area contributed by atoms with Crippen LogP contribution in [0.2, 0.25) is 5.02 Å². The molecule has 1 amide bonds. The van der Waals surface area contributed by atoms with Crippen LogP contribution in [0.3, 0.4) is 0 Å². The zero-order chi connectivity index (χ0) is 20.0. The van der Waals surface area contributed by atoms with Crippen molar-refractivity contribution in [2.45, 2.75) is 37.8 Å². The molecule has 146 valence electrons. The number of carbonyl (C=O) groups excluding carboxylic acids is 1. The molecular formula is C18H22ClN3O4S. The topological polar surface area (TPSA) is 99.6 Å². The van der Waals surface area contributed by atoms with Gasteiger partial charge in [-0.05, 0) is 36.1 Å². The quantitative estimate of drug-likeness (QED) is 0.514. The van der Waals surface area contributed by atoms with Crippen molar-refractivity contribution in [3.8, 4) is 0 Å². The van der Waals surface area contributed by atoms with E-state index in [9.17, 15) is 13.2 Å². The minimum Gasteiger partial charge on any atom is -0.289 e. The van der Waals surface area contributed by atoms with E-state index in [4.69, 9.17) is 16.8 Å². The second-order valence-electron chi connectivity index (χ2n) is 6.46. The van der Waals surface area contributed by atoms with E-state index in [1.165, 1.54) is 18.3 Å². The Hall–Kier alpha value is -2.00. The van der Waals surface area contributed by atoms with Gasteiger partial charge >= 0.3 is 0 Å². The van der Waals surface area contributed by atoms with Gasteiger partial charge in [0.05, 0.1) is 5.02 Å². The lowest BCUT2D eigenvalue weighted by Crippen LogP contribution is -2.49. The smallest absolute Gasteiger partial charge is 0.261 e. The van der Waals surface area contributed by atoms with Crippen LogP contribution in [0, 0.1) is 5.92 Å². The van der Waals surface area contributed by atoms with Gasteiger partial charge in [-0.2, -0.15) is 4.31 Å². The fourth-order valence-corrected chi connectivity index (χ4v) is 4.77. The van der Waals surface area contributed by atoms with Crippen LogP contribution in [0.15, 0.2) is 53.7 Å². The average molecular weight is 412 g/mol. The van der Waals surface area contributed by atoms with Crippen molar-refractivity contribution in [1.29, 1.82) is 0 Å². The van der Waals surface area contributed by atoms with Crippen LogP contribution in [0.5, 0.6) is 0 Å². The number of rotatable bonds is 8. The van der Waals surface area contributed by atoms with Gasteiger partial charge in [-0.25, -0.2) is 13.9 Å². The second-order valence-corrected chi connectivity index (χ2v) is 8.73. The normalized spacial score (nSPS) is 13.0. The van der Waals surface area contributed by atoms with E-state index in [2.05, 4.69) is 4.98 Å². The van der Waals surface area contributed by atoms with Crippen LogP contribution in [0.4, 0.5) is 0 Å². The van der Waals surface area contributed by atoms with Crippen molar-refractivity contribution in [2.24, 2.45) is 5.92 Å². The fraction of sp³-hybridized carbons (Fsp3) is 0.333. The van der Waals surface area contributed by atoms with E-state index in [1.54, 1.807) is 35.9 Å². The van der Waals surface area contributed by atoms with Crippen LogP contribution >= 0.6 is 11.6 Å². The first-order chi connectivity index (χ1) is 12.8. The zero-order valence-corrected chi connectivity index (χ0v) is 16.6. The number of hydroxylamine groups is 1. The molecule has 0 saturated heterocycles. The predicted molar refractivity (Wildman–Crippen MR) is 102 cm³/mol. The summed E-state index contributed by atoms with van der Waals surface area (Å²) in [6.45, 7) is 3.64. The molecule has 0 bridgehead atoms. The summed E-state index contributed by atoms with van der Waals surface area (Å²) in [6, 6.07) is 8.32. The largest absolute Gasteiger partial charge is 0.289 e. The molecular weight excluding hydrogens is 390 g/mol. The second kappa shape index (κ2) is 9.27. The zero-order valence-electron chi connectivity index (χ0n) is 15.0. The van der Waals surface area contributed by atoms with E-state index >= 15 is 0 Å². The van der Waals surface area contributed by atoms with E-state index in [0.29, 0.717) is 5.56 Å². The number of aromatic nitrogens is 1. The molecule has 0 aliphatic heterocycles. The summed E-state index contributed by atoms with van der Waals surface area (Å²) < 4.78 is 27.8. The lowest BCUT2D eigenvalue weighted by molar-refractivity contribution is -0.133. The summed E-state index contributed by atoms with van der Waals surface area (Å²) in [4.78, 5) is 16.2. The van der Waals surface area contributed by atoms with Crippen molar-refractivity contribution in [2.75, 3.05) is 0 Å². The Kier molecular flexibility index (Phi) is 7.32. The SMILES string of the molecule is CC(C)C[C@H](C(=O)NO)N(Cc1cccnc1)S(=O)(=O)c1ccccc1Cl. The third-order valence-corrected chi connectivity index (χ3v) is 6.29. The van der Waals surface area contributed by atoms with Gasteiger partial charge in [-0.1, -0.05) is 43.6 Å². The highest BCUT2D eigenvalue weighted by Crippen LogP contribution is 2.29. The van der Waals surface area contributed by atoms with Gasteiger partial charge in [0.25, 0.3) is 5.91 Å². The highest BCUT2D eigenvalue weighted by molar-refractivity contribution is 7.89. The van der Waals surface area contributed by atoms with Gasteiger partial charge in [0, 0.05) is 18.9 Å². The molecule has 2 rings (SSSR count). The lowest BCUT2D eigenvalue weighted by Gasteiger charge is -2.30. The molecule has 0 spiro atoms. The standard InChI is InChI=1S/C18H22ClN3O4S/c1-13(2)10-16(18(23)21-24)22(12-14-6-5-9-20-11-14)27(25,26)17-8-4-3-7-15(17)19/h3-9,11,13,16,24H,10,12H2,1-2H3,(H,21,23)/t16-/m1/s1. The number of halogens is 1. The molecule has 27 heavy (non-hydrogen) atoms. The number of benzene rings is 1. The first kappa shape index (κ1) is 21.3. The van der Waals surface area contributed by atoms with Crippen LogP contribution < -0.4 is 5.48 Å². The molecule has 2 aromatic rings. The Bertz CT molecular complexity index is 875. The monoisotopic (exact) mass is 411 g/mol. The van der Waals surface area contributed by atoms with Crippen LogP contribution in [0.25, 0.3) is 0 Å². The van der Waals surface area contributed by atoms with Gasteiger partial charge in [-0.3, -0.25) is 15.0 Å². The molecule has 1 aromatic carbocycles. The highest BCUT2D eigenvalue weighted by Gasteiger charge is 2.37. The third kappa shape index (κ3) is 5.26. The molecule has 0 radical (unpaired) electrons. The Labute approximate surface area is 164 Å². The molecule has 1 aromatic heterocycles. The minimum atomic E-state index is -4.13. The molecule has 7 nitrogen and oxygen atoms in total. The minimum absolute atomic E-state index is 0.00476. The fourth-order valence-electron chi connectivity index (χ4n) is 2.69. The Morgan fingerprint density at radius 2 is 1.96 bits per heavy atom. The predicted octanol–water partition coefficient (Wildman–Crippen LogP) is 2.85. The third-order valence-electron chi connectivity index (χ3n) is 3.94. The van der Waals surface area contributed by atoms with Crippen molar-refractivity contribution >= 4 is 27.5 Å². The number of hydrogen-bond donors (Lipinski definition) is 2. The molecule has 1 heterocycles. The van der Waals surface area contributed by atoms with E-state index < -0.39 is 22.0 Å². The number of sulfonamides is 1. The summed E-state index contributed by atoms with van der Waals surface area (Å²) in [6.07, 6.45) is 3.32. The molecule has 0 saturated carbocycles. The van der Waals surface area contributed by atoms with Crippen molar-refractivity contribution in [3.63, 3.8) is 0 Å². The number of hydrogen-bond acceptors (Lipinski definition) is 5. The summed E-state index contributed by atoms with van der Waals surface area (Å²) in [5.41, 5.74) is 2.19. The number of pyridine rings is 1. The summed E-state index contributed by atoms with van der Waals surface area (Å²) in [7, 11) is -4.13. The number of nitrogens with one attached hydrogen (secondary N) is 1. The Balaban J connectivity index is 2.57. The van der Waals surface area contributed by atoms with Gasteiger partial charge in [0.2, 0.25) is 10.0 Å².